The Labute approximate surface area is 189 Å². The molecule has 1 saturated carbocycles. The molecular weight excluding hydrogens is 439 g/mol. The molecule has 2 aromatic rings. The van der Waals surface area contributed by atoms with Crippen molar-refractivity contribution >= 4 is 34.5 Å². The van der Waals surface area contributed by atoms with E-state index in [-0.39, 0.29) is 22.0 Å². The average molecular weight is 465 g/mol. The Hall–Kier alpha value is -2.65. The fourth-order valence-corrected chi connectivity index (χ4v) is 3.92. The van der Waals surface area contributed by atoms with Crippen LogP contribution in [0.5, 0.6) is 0 Å². The second-order valence-corrected chi connectivity index (χ2v) is 9.57. The Morgan fingerprint density at radius 1 is 1.28 bits per heavy atom. The maximum absolute atomic E-state index is 14.1. The van der Waals surface area contributed by atoms with Gasteiger partial charge in [0.05, 0.1) is 10.5 Å². The lowest BCUT2D eigenvalue weighted by molar-refractivity contribution is 0.00852. The van der Waals surface area contributed by atoms with Crippen LogP contribution in [0.25, 0.3) is 10.9 Å². The quantitative estimate of drug-likeness (QED) is 0.728. The minimum Gasteiger partial charge on any atom is -0.444 e. The van der Waals surface area contributed by atoms with E-state index in [0.29, 0.717) is 25.2 Å². The third-order valence-corrected chi connectivity index (χ3v) is 5.72. The molecule has 2 fully saturated rings. The lowest BCUT2D eigenvalue weighted by Crippen LogP contribution is -2.61. The van der Waals surface area contributed by atoms with Crippen LogP contribution in [0.3, 0.4) is 0 Å². The first-order valence-corrected chi connectivity index (χ1v) is 11.0. The van der Waals surface area contributed by atoms with E-state index in [1.165, 1.54) is 17.2 Å². The van der Waals surface area contributed by atoms with Crippen LogP contribution in [0, 0.1) is 5.82 Å². The van der Waals surface area contributed by atoms with Crippen LogP contribution in [0.15, 0.2) is 23.1 Å². The summed E-state index contributed by atoms with van der Waals surface area (Å²) < 4.78 is 21.4. The van der Waals surface area contributed by atoms with E-state index in [1.54, 1.807) is 20.8 Å². The number of nitrogens with zero attached hydrogens (tertiary/aromatic N) is 2. The van der Waals surface area contributed by atoms with E-state index in [0.717, 1.165) is 18.9 Å². The first-order chi connectivity index (χ1) is 15.0. The molecule has 2 amide bonds. The number of carbonyl (C=O) groups excluding carboxylic acids is 2. The zero-order valence-corrected chi connectivity index (χ0v) is 19.0. The Morgan fingerprint density at radius 3 is 2.66 bits per heavy atom. The maximum atomic E-state index is 14.1. The number of benzene rings is 1. The maximum Gasteiger partial charge on any atom is 0.412 e. The van der Waals surface area contributed by atoms with Crippen molar-refractivity contribution in [1.29, 1.82) is 0 Å². The predicted molar refractivity (Wildman–Crippen MR) is 119 cm³/mol. The number of fused-ring (bicyclic) bond motifs is 1. The Bertz CT molecular complexity index is 1140. The summed E-state index contributed by atoms with van der Waals surface area (Å²) in [5, 5.41) is 5.90. The third-order valence-electron chi connectivity index (χ3n) is 5.43. The summed E-state index contributed by atoms with van der Waals surface area (Å²) in [5.41, 5.74) is -0.883. The molecule has 2 N–H and O–H groups in total. The Balaban J connectivity index is 1.66. The molecule has 8 nitrogen and oxygen atoms in total. The van der Waals surface area contributed by atoms with Gasteiger partial charge in [-0.3, -0.25) is 14.5 Å². The minimum atomic E-state index is -0.719. The number of piperazine rings is 1. The number of nitrogens with one attached hydrogen (secondary N) is 2. The van der Waals surface area contributed by atoms with Crippen LogP contribution in [-0.4, -0.2) is 52.9 Å². The van der Waals surface area contributed by atoms with E-state index in [9.17, 15) is 18.8 Å². The number of pyridine rings is 1. The molecule has 1 atom stereocenters. The highest BCUT2D eigenvalue weighted by atomic mass is 35.5. The van der Waals surface area contributed by atoms with Crippen molar-refractivity contribution in [3.63, 3.8) is 0 Å². The monoisotopic (exact) mass is 464 g/mol. The minimum absolute atomic E-state index is 0.0789. The zero-order valence-electron chi connectivity index (χ0n) is 18.2. The van der Waals surface area contributed by atoms with E-state index in [2.05, 4.69) is 10.6 Å². The van der Waals surface area contributed by atoms with E-state index < -0.39 is 35.0 Å². The molecule has 1 aromatic carbocycles. The SMILES string of the molecule is CC(C)(C)OC(=O)N1CCNCC1NC(=O)c1cn(C2CC2)c2cc(Cl)c(F)cc2c1=O. The van der Waals surface area contributed by atoms with Gasteiger partial charge in [0.15, 0.2) is 0 Å². The van der Waals surface area contributed by atoms with Crippen molar-refractivity contribution < 1.29 is 18.7 Å². The lowest BCUT2D eigenvalue weighted by Gasteiger charge is -2.37. The molecule has 2 heterocycles. The van der Waals surface area contributed by atoms with Gasteiger partial charge in [0.1, 0.15) is 23.1 Å². The van der Waals surface area contributed by atoms with Gasteiger partial charge < -0.3 is 19.9 Å². The largest absolute Gasteiger partial charge is 0.444 e. The number of hydrogen-bond donors (Lipinski definition) is 2. The highest BCUT2D eigenvalue weighted by Crippen LogP contribution is 2.37. The number of carbonyl (C=O) groups is 2. The summed E-state index contributed by atoms with van der Waals surface area (Å²) in [6.07, 6.45) is 2.05. The first kappa shape index (κ1) is 22.5. The molecule has 32 heavy (non-hydrogen) atoms. The van der Waals surface area contributed by atoms with E-state index in [1.807, 2.05) is 4.57 Å². The van der Waals surface area contributed by atoms with Gasteiger partial charge in [0.25, 0.3) is 5.91 Å². The van der Waals surface area contributed by atoms with Crippen LogP contribution in [-0.2, 0) is 4.74 Å². The van der Waals surface area contributed by atoms with Gasteiger partial charge in [-0.15, -0.1) is 0 Å². The van der Waals surface area contributed by atoms with Gasteiger partial charge >= 0.3 is 6.09 Å². The number of aromatic nitrogens is 1. The molecule has 0 spiro atoms. The van der Waals surface area contributed by atoms with E-state index in [4.69, 9.17) is 16.3 Å². The normalized spacial score (nSPS) is 19.2. The Morgan fingerprint density at radius 2 is 2.00 bits per heavy atom. The second kappa shape index (κ2) is 8.37. The van der Waals surface area contributed by atoms with Crippen LogP contribution >= 0.6 is 11.6 Å². The van der Waals surface area contributed by atoms with Crippen LogP contribution in [0.1, 0.15) is 50.0 Å². The van der Waals surface area contributed by atoms with E-state index >= 15 is 0 Å². The van der Waals surface area contributed by atoms with Gasteiger partial charge in [-0.1, -0.05) is 11.6 Å². The molecule has 4 rings (SSSR count). The van der Waals surface area contributed by atoms with Crippen LogP contribution < -0.4 is 16.1 Å². The molecule has 0 bridgehead atoms. The third kappa shape index (κ3) is 4.59. The summed E-state index contributed by atoms with van der Waals surface area (Å²) in [6.45, 7) is 6.49. The van der Waals surface area contributed by atoms with Crippen molar-refractivity contribution in [2.45, 2.75) is 51.4 Å². The number of halogens is 2. The summed E-state index contributed by atoms with van der Waals surface area (Å²) in [5.74, 6) is -1.35. The Kier molecular flexibility index (Phi) is 5.89. The van der Waals surface area contributed by atoms with Crippen molar-refractivity contribution in [2.75, 3.05) is 19.6 Å². The number of ether oxygens (including phenoxy) is 1. The van der Waals surface area contributed by atoms with Gasteiger partial charge in [-0.25, -0.2) is 9.18 Å². The molecule has 0 radical (unpaired) electrons. The topological polar surface area (TPSA) is 92.7 Å². The molecule has 172 valence electrons. The molecular formula is C22H26ClFN4O4. The number of hydrogen-bond acceptors (Lipinski definition) is 5. The highest BCUT2D eigenvalue weighted by Gasteiger charge is 2.33. The van der Waals surface area contributed by atoms with Gasteiger partial charge in [0.2, 0.25) is 5.43 Å². The zero-order chi connectivity index (χ0) is 23.2. The summed E-state index contributed by atoms with van der Waals surface area (Å²) in [6, 6.07) is 2.62. The second-order valence-electron chi connectivity index (χ2n) is 9.16. The van der Waals surface area contributed by atoms with Crippen LogP contribution in [0.4, 0.5) is 9.18 Å². The molecule has 1 aromatic heterocycles. The molecule has 1 aliphatic heterocycles. The fourth-order valence-electron chi connectivity index (χ4n) is 3.76. The standard InChI is InChI=1S/C22H26ClFN4O4/c1-22(2,3)32-21(31)27-7-6-25-10-18(27)26-20(30)14-11-28(12-4-5-12)17-9-15(23)16(24)8-13(17)19(14)29/h8-9,11-12,18,25H,4-7,10H2,1-3H3,(H,26,30). The van der Waals surface area contributed by atoms with Crippen molar-refractivity contribution in [2.24, 2.45) is 0 Å². The van der Waals surface area contributed by atoms with Crippen molar-refractivity contribution in [1.82, 2.24) is 20.1 Å². The molecule has 10 heteroatoms. The lowest BCUT2D eigenvalue weighted by atomic mass is 10.1. The molecule has 1 aliphatic carbocycles. The van der Waals surface area contributed by atoms with Crippen molar-refractivity contribution in [3.8, 4) is 0 Å². The van der Waals surface area contributed by atoms with Crippen LogP contribution in [0.2, 0.25) is 5.02 Å². The number of amides is 2. The van der Waals surface area contributed by atoms with Gasteiger partial charge in [-0.2, -0.15) is 0 Å². The molecule has 2 aliphatic rings. The first-order valence-electron chi connectivity index (χ1n) is 10.6. The summed E-state index contributed by atoms with van der Waals surface area (Å²) >= 11 is 5.93. The molecule has 1 saturated heterocycles. The van der Waals surface area contributed by atoms with Crippen molar-refractivity contribution in [3.05, 3.63) is 45.0 Å². The number of rotatable bonds is 3. The highest BCUT2D eigenvalue weighted by molar-refractivity contribution is 6.31. The summed E-state index contributed by atoms with van der Waals surface area (Å²) in [7, 11) is 0. The fraction of sp³-hybridized carbons (Fsp3) is 0.500. The average Bonchev–Trinajstić information content (AvgIpc) is 3.54. The van der Waals surface area contributed by atoms with Gasteiger partial charge in [-0.05, 0) is 45.7 Å². The smallest absolute Gasteiger partial charge is 0.412 e. The van der Waals surface area contributed by atoms with Gasteiger partial charge in [0, 0.05) is 37.3 Å². The molecule has 1 unspecified atom stereocenters. The predicted octanol–water partition coefficient (Wildman–Crippen LogP) is 3.03. The summed E-state index contributed by atoms with van der Waals surface area (Å²) in [4.78, 5) is 40.2.